The Morgan fingerprint density at radius 2 is 2.08 bits per heavy atom. The molecule has 4 unspecified atom stereocenters. The highest BCUT2D eigenvalue weighted by Crippen LogP contribution is 2.43. The number of hydrogen-bond acceptors (Lipinski definition) is 8. The molecular weight excluding hydrogens is 330 g/mol. The zero-order valence-corrected chi connectivity index (χ0v) is 13.7. The van der Waals surface area contributed by atoms with E-state index < -0.39 is 36.3 Å². The number of aryl methyl sites for hydroxylation is 1. The highest BCUT2D eigenvalue weighted by molar-refractivity contribution is 5.75. The summed E-state index contributed by atoms with van der Waals surface area (Å²) >= 11 is 0. The van der Waals surface area contributed by atoms with Gasteiger partial charge in [-0.3, -0.25) is 4.57 Å². The second-order valence-corrected chi connectivity index (χ2v) is 6.42. The van der Waals surface area contributed by atoms with Crippen molar-refractivity contribution in [3.63, 3.8) is 0 Å². The third-order valence-corrected chi connectivity index (χ3v) is 4.24. The van der Waals surface area contributed by atoms with Gasteiger partial charge in [0.25, 0.3) is 0 Å². The number of nitriles is 1. The van der Waals surface area contributed by atoms with Crippen molar-refractivity contribution in [2.24, 2.45) is 0 Å². The average molecular weight is 345 g/mol. The van der Waals surface area contributed by atoms with Crippen molar-refractivity contribution in [2.45, 2.75) is 51.1 Å². The first-order valence-electron chi connectivity index (χ1n) is 7.66. The molecule has 0 aromatic carbocycles. The molecule has 130 valence electrons. The van der Waals surface area contributed by atoms with Crippen LogP contribution in [0.2, 0.25) is 0 Å². The number of carboxylic acid groups (broad SMARTS) is 1. The second-order valence-electron chi connectivity index (χ2n) is 6.42. The number of carbonyl (C=O) groups is 1. The van der Waals surface area contributed by atoms with Gasteiger partial charge in [-0.15, -0.1) is 0 Å². The molecule has 0 bridgehead atoms. The summed E-state index contributed by atoms with van der Waals surface area (Å²) in [5, 5.41) is 18.5. The highest BCUT2D eigenvalue weighted by atomic mass is 16.8. The van der Waals surface area contributed by atoms with E-state index >= 15 is 0 Å². The van der Waals surface area contributed by atoms with E-state index in [-0.39, 0.29) is 5.82 Å². The molecule has 25 heavy (non-hydrogen) atoms. The lowest BCUT2D eigenvalue weighted by Crippen LogP contribution is -2.35. The normalized spacial score (nSPS) is 30.3. The van der Waals surface area contributed by atoms with Gasteiger partial charge in [0.2, 0.25) is 5.82 Å². The van der Waals surface area contributed by atoms with Crippen LogP contribution in [0, 0.1) is 18.3 Å². The molecule has 2 aliphatic rings. The summed E-state index contributed by atoms with van der Waals surface area (Å²) in [6.07, 6.45) is -1.89. The molecule has 0 aliphatic carbocycles. The Morgan fingerprint density at radius 3 is 2.76 bits per heavy atom. The molecule has 2 aromatic rings. The van der Waals surface area contributed by atoms with Crippen molar-refractivity contribution in [2.75, 3.05) is 0 Å². The van der Waals surface area contributed by atoms with Crippen molar-refractivity contribution in [1.82, 2.24) is 19.5 Å². The van der Waals surface area contributed by atoms with Gasteiger partial charge in [-0.1, -0.05) is 0 Å². The predicted molar refractivity (Wildman–Crippen MR) is 80.1 cm³/mol. The number of aromatic nitrogens is 4. The largest absolute Gasteiger partial charge is 0.479 e. The Hall–Kier alpha value is -2.61. The van der Waals surface area contributed by atoms with Crippen LogP contribution in [0.5, 0.6) is 0 Å². The van der Waals surface area contributed by atoms with Crippen LogP contribution in [0.3, 0.4) is 0 Å². The van der Waals surface area contributed by atoms with Gasteiger partial charge < -0.3 is 19.3 Å². The molecule has 10 heteroatoms. The molecule has 4 heterocycles. The van der Waals surface area contributed by atoms with Crippen molar-refractivity contribution >= 4 is 17.1 Å². The molecular formula is C15H15N5O5. The first kappa shape index (κ1) is 15.9. The highest BCUT2D eigenvalue weighted by Gasteiger charge is 2.58. The number of rotatable bonds is 2. The van der Waals surface area contributed by atoms with E-state index in [1.54, 1.807) is 25.3 Å². The first-order valence-corrected chi connectivity index (χ1v) is 7.66. The number of aliphatic carboxylic acids is 1. The van der Waals surface area contributed by atoms with E-state index in [0.717, 1.165) is 0 Å². The van der Waals surface area contributed by atoms with E-state index in [4.69, 9.17) is 19.5 Å². The maximum atomic E-state index is 11.5. The number of nitrogens with zero attached hydrogens (tertiary/aromatic N) is 5. The quantitative estimate of drug-likeness (QED) is 0.826. The van der Waals surface area contributed by atoms with Gasteiger partial charge in [0.05, 0.1) is 12.0 Å². The Balaban J connectivity index is 1.82. The van der Waals surface area contributed by atoms with Gasteiger partial charge in [-0.05, 0) is 20.8 Å². The summed E-state index contributed by atoms with van der Waals surface area (Å²) in [4.78, 5) is 24.0. The van der Waals surface area contributed by atoms with Crippen LogP contribution in [0.1, 0.15) is 31.6 Å². The van der Waals surface area contributed by atoms with Gasteiger partial charge in [-0.2, -0.15) is 10.2 Å². The lowest BCUT2D eigenvalue weighted by molar-refractivity contribution is -0.202. The van der Waals surface area contributed by atoms with Gasteiger partial charge in [0, 0.05) is 0 Å². The van der Waals surface area contributed by atoms with Crippen molar-refractivity contribution in [3.8, 4) is 6.07 Å². The SMILES string of the molecule is Cc1nc(C#N)nc2c1ncn2C1OC(C(=O)O)C2OC(C)(C)OC21. The molecule has 10 nitrogen and oxygen atoms in total. The fraction of sp³-hybridized carbons (Fsp3) is 0.533. The Kier molecular flexibility index (Phi) is 3.30. The van der Waals surface area contributed by atoms with E-state index in [1.807, 2.05) is 6.07 Å². The third kappa shape index (κ3) is 2.36. The summed E-state index contributed by atoms with van der Waals surface area (Å²) in [5.41, 5.74) is 1.44. The van der Waals surface area contributed by atoms with Crippen LogP contribution in [-0.4, -0.2) is 54.7 Å². The third-order valence-electron chi connectivity index (χ3n) is 4.24. The number of imidazole rings is 1. The molecule has 1 N–H and O–H groups in total. The molecule has 0 radical (unpaired) electrons. The van der Waals surface area contributed by atoms with Crippen LogP contribution in [0.15, 0.2) is 6.33 Å². The lowest BCUT2D eigenvalue weighted by Gasteiger charge is -2.23. The molecule has 0 saturated carbocycles. The zero-order valence-electron chi connectivity index (χ0n) is 13.7. The number of ether oxygens (including phenoxy) is 3. The summed E-state index contributed by atoms with van der Waals surface area (Å²) in [6.45, 7) is 5.15. The fourth-order valence-corrected chi connectivity index (χ4v) is 3.29. The molecule has 2 aromatic heterocycles. The minimum Gasteiger partial charge on any atom is -0.479 e. The second kappa shape index (κ2) is 5.19. The smallest absolute Gasteiger partial charge is 0.335 e. The summed E-state index contributed by atoms with van der Waals surface area (Å²) < 4.78 is 18.8. The molecule has 2 saturated heterocycles. The summed E-state index contributed by atoms with van der Waals surface area (Å²) in [5.74, 6) is -2.06. The van der Waals surface area contributed by atoms with E-state index in [1.165, 1.54) is 6.33 Å². The minimum absolute atomic E-state index is 0.00000156. The summed E-state index contributed by atoms with van der Waals surface area (Å²) in [7, 11) is 0. The maximum absolute atomic E-state index is 11.5. The van der Waals surface area contributed by atoms with Crippen LogP contribution in [-0.2, 0) is 19.0 Å². The van der Waals surface area contributed by atoms with Crippen molar-refractivity contribution in [1.29, 1.82) is 5.26 Å². The van der Waals surface area contributed by atoms with Gasteiger partial charge in [0.15, 0.2) is 23.8 Å². The zero-order chi connectivity index (χ0) is 17.9. The van der Waals surface area contributed by atoms with E-state index in [9.17, 15) is 9.90 Å². The standard InChI is InChI=1S/C15H15N5O5/c1-6-8-12(19-7(4-16)18-6)20(5-17-8)13-10-9(11(23-13)14(21)22)24-15(2,3)25-10/h5,9-11,13H,1-3H3,(H,21,22). The van der Waals surface area contributed by atoms with E-state index in [2.05, 4.69) is 15.0 Å². The topological polar surface area (TPSA) is 132 Å². The van der Waals surface area contributed by atoms with Gasteiger partial charge >= 0.3 is 5.97 Å². The minimum atomic E-state index is -1.17. The number of hydrogen-bond donors (Lipinski definition) is 1. The van der Waals surface area contributed by atoms with Crippen molar-refractivity contribution in [3.05, 3.63) is 17.8 Å². The van der Waals surface area contributed by atoms with Crippen LogP contribution in [0.25, 0.3) is 11.2 Å². The number of carboxylic acids is 1. The molecule has 4 atom stereocenters. The monoisotopic (exact) mass is 345 g/mol. The Bertz CT molecular complexity index is 917. The summed E-state index contributed by atoms with van der Waals surface area (Å²) in [6, 6.07) is 1.90. The Morgan fingerprint density at radius 1 is 1.36 bits per heavy atom. The Labute approximate surface area is 142 Å². The molecule has 2 fully saturated rings. The predicted octanol–water partition coefficient (Wildman–Crippen LogP) is 0.508. The van der Waals surface area contributed by atoms with E-state index in [0.29, 0.717) is 16.9 Å². The van der Waals surface area contributed by atoms with Crippen LogP contribution < -0.4 is 0 Å². The number of fused-ring (bicyclic) bond motifs is 2. The van der Waals surface area contributed by atoms with Gasteiger partial charge in [0.1, 0.15) is 23.8 Å². The van der Waals surface area contributed by atoms with Crippen molar-refractivity contribution < 1.29 is 24.1 Å². The lowest BCUT2D eigenvalue weighted by atomic mass is 10.1. The fourth-order valence-electron chi connectivity index (χ4n) is 3.29. The van der Waals surface area contributed by atoms with Crippen LogP contribution >= 0.6 is 0 Å². The molecule has 0 amide bonds. The van der Waals surface area contributed by atoms with Crippen LogP contribution in [0.4, 0.5) is 0 Å². The first-order chi connectivity index (χ1) is 11.8. The maximum Gasteiger partial charge on any atom is 0.335 e. The van der Waals surface area contributed by atoms with Gasteiger partial charge in [-0.25, -0.2) is 14.8 Å². The molecule has 4 rings (SSSR count). The molecule has 2 aliphatic heterocycles. The average Bonchev–Trinajstić information content (AvgIpc) is 3.17. The molecule has 0 spiro atoms.